The Morgan fingerprint density at radius 1 is 1.35 bits per heavy atom. The number of pyridine rings is 1. The number of aryl methyl sites for hydroxylation is 1. The van der Waals surface area contributed by atoms with Crippen LogP contribution in [0.5, 0.6) is 5.88 Å². The molecule has 0 aliphatic rings. The van der Waals surface area contributed by atoms with Crippen molar-refractivity contribution in [3.8, 4) is 5.88 Å². The van der Waals surface area contributed by atoms with Gasteiger partial charge in [0.15, 0.2) is 0 Å². The van der Waals surface area contributed by atoms with Crippen LogP contribution in [0.1, 0.15) is 18.1 Å². The summed E-state index contributed by atoms with van der Waals surface area (Å²) in [6.45, 7) is 3.32. The monoisotopic (exact) mass is 292 g/mol. The number of halogens is 1. The quantitative estimate of drug-likeness (QED) is 0.660. The van der Waals surface area contributed by atoms with Gasteiger partial charge in [0.1, 0.15) is 0 Å². The lowest BCUT2D eigenvalue weighted by molar-refractivity contribution is 0.143. The molecule has 1 aromatic carbocycles. The van der Waals surface area contributed by atoms with Gasteiger partial charge in [-0.05, 0) is 31.5 Å². The number of hydrogen-bond donors (Lipinski definition) is 2. The second-order valence-corrected chi connectivity index (χ2v) is 4.73. The Morgan fingerprint density at radius 2 is 2.00 bits per heavy atom. The molecule has 6 heteroatoms. The third kappa shape index (κ3) is 2.53. The average Bonchev–Trinajstić information content (AvgIpc) is 2.39. The molecule has 0 bridgehead atoms. The van der Waals surface area contributed by atoms with Gasteiger partial charge in [-0.15, -0.1) is 4.73 Å². The van der Waals surface area contributed by atoms with Crippen LogP contribution in [-0.2, 0) is 0 Å². The SMILES string of the molecule is CC(=Nc1ccccc1Cl)c1c(C)cc(=O)n(O)c1O. The van der Waals surface area contributed by atoms with E-state index in [0.29, 0.717) is 27.5 Å². The number of nitrogens with zero attached hydrogens (tertiary/aromatic N) is 2. The summed E-state index contributed by atoms with van der Waals surface area (Å²) in [5.74, 6) is -0.539. The number of para-hydroxylation sites is 1. The first-order chi connectivity index (χ1) is 9.41. The summed E-state index contributed by atoms with van der Waals surface area (Å²) in [4.78, 5) is 15.7. The first-order valence-corrected chi connectivity index (χ1v) is 6.24. The lowest BCUT2D eigenvalue weighted by Gasteiger charge is -2.10. The molecule has 1 aromatic heterocycles. The van der Waals surface area contributed by atoms with Gasteiger partial charge in [0.2, 0.25) is 5.88 Å². The molecule has 1 heterocycles. The summed E-state index contributed by atoms with van der Waals surface area (Å²) < 4.78 is 0.188. The summed E-state index contributed by atoms with van der Waals surface area (Å²) in [5, 5.41) is 19.8. The zero-order chi connectivity index (χ0) is 14.9. The van der Waals surface area contributed by atoms with Gasteiger partial charge >= 0.3 is 0 Å². The maximum atomic E-state index is 11.3. The van der Waals surface area contributed by atoms with Gasteiger partial charge in [0.05, 0.1) is 22.0 Å². The van der Waals surface area contributed by atoms with Crippen molar-refractivity contribution >= 4 is 23.0 Å². The molecule has 20 heavy (non-hydrogen) atoms. The van der Waals surface area contributed by atoms with Crippen LogP contribution in [0.25, 0.3) is 0 Å². The highest BCUT2D eigenvalue weighted by atomic mass is 35.5. The highest BCUT2D eigenvalue weighted by Crippen LogP contribution is 2.26. The highest BCUT2D eigenvalue weighted by molar-refractivity contribution is 6.33. The number of aromatic hydroxyl groups is 1. The second-order valence-electron chi connectivity index (χ2n) is 4.32. The predicted molar refractivity (Wildman–Crippen MR) is 77.6 cm³/mol. The summed E-state index contributed by atoms with van der Waals surface area (Å²) >= 11 is 6.02. The van der Waals surface area contributed by atoms with Crippen molar-refractivity contribution in [2.45, 2.75) is 13.8 Å². The van der Waals surface area contributed by atoms with Crippen LogP contribution in [0.2, 0.25) is 5.02 Å². The van der Waals surface area contributed by atoms with Crippen molar-refractivity contribution < 1.29 is 10.3 Å². The largest absolute Gasteiger partial charge is 0.492 e. The number of aliphatic imine (C=N–C) groups is 1. The van der Waals surface area contributed by atoms with E-state index < -0.39 is 11.4 Å². The number of rotatable bonds is 2. The minimum Gasteiger partial charge on any atom is -0.492 e. The number of aromatic nitrogens is 1. The Morgan fingerprint density at radius 3 is 2.65 bits per heavy atom. The Kier molecular flexibility index (Phi) is 3.81. The maximum absolute atomic E-state index is 11.3. The Balaban J connectivity index is 2.60. The van der Waals surface area contributed by atoms with Gasteiger partial charge in [-0.25, -0.2) is 0 Å². The smallest absolute Gasteiger partial charge is 0.286 e. The van der Waals surface area contributed by atoms with Gasteiger partial charge in [0.25, 0.3) is 5.56 Å². The van der Waals surface area contributed by atoms with E-state index in [4.69, 9.17) is 11.6 Å². The lowest BCUT2D eigenvalue weighted by atomic mass is 10.1. The summed E-state index contributed by atoms with van der Waals surface area (Å²) in [7, 11) is 0. The minimum absolute atomic E-state index is 0.188. The molecule has 2 rings (SSSR count). The van der Waals surface area contributed by atoms with E-state index in [1.54, 1.807) is 38.1 Å². The van der Waals surface area contributed by atoms with E-state index in [-0.39, 0.29) is 4.73 Å². The zero-order valence-corrected chi connectivity index (χ0v) is 11.7. The van der Waals surface area contributed by atoms with Crippen LogP contribution in [0.4, 0.5) is 5.69 Å². The molecular weight excluding hydrogens is 280 g/mol. The molecule has 0 saturated carbocycles. The first-order valence-electron chi connectivity index (χ1n) is 5.87. The van der Waals surface area contributed by atoms with Crippen molar-refractivity contribution in [3.05, 3.63) is 56.8 Å². The molecule has 0 radical (unpaired) electrons. The Hall–Kier alpha value is -2.27. The van der Waals surface area contributed by atoms with Gasteiger partial charge in [0, 0.05) is 6.07 Å². The maximum Gasteiger partial charge on any atom is 0.286 e. The van der Waals surface area contributed by atoms with E-state index in [1.165, 1.54) is 6.07 Å². The van der Waals surface area contributed by atoms with Crippen LogP contribution >= 0.6 is 11.6 Å². The fourth-order valence-corrected chi connectivity index (χ4v) is 2.11. The molecule has 0 fully saturated rings. The molecule has 0 spiro atoms. The zero-order valence-electron chi connectivity index (χ0n) is 11.0. The summed E-state index contributed by atoms with van der Waals surface area (Å²) in [6, 6.07) is 8.23. The number of benzene rings is 1. The highest BCUT2D eigenvalue weighted by Gasteiger charge is 2.15. The lowest BCUT2D eigenvalue weighted by Crippen LogP contribution is -2.20. The summed E-state index contributed by atoms with van der Waals surface area (Å²) in [5.41, 5.74) is 1.10. The molecule has 104 valence electrons. The van der Waals surface area contributed by atoms with E-state index in [1.807, 2.05) is 0 Å². The van der Waals surface area contributed by atoms with Gasteiger partial charge < -0.3 is 10.3 Å². The molecule has 0 atom stereocenters. The van der Waals surface area contributed by atoms with Crippen molar-refractivity contribution in [2.24, 2.45) is 4.99 Å². The normalized spacial score (nSPS) is 11.7. The Bertz CT molecular complexity index is 751. The van der Waals surface area contributed by atoms with Crippen molar-refractivity contribution in [3.63, 3.8) is 0 Å². The molecule has 0 aliphatic carbocycles. The Labute approximate surface area is 120 Å². The molecule has 0 unspecified atom stereocenters. The third-order valence-electron chi connectivity index (χ3n) is 2.87. The topological polar surface area (TPSA) is 74.8 Å². The molecule has 2 aromatic rings. The van der Waals surface area contributed by atoms with Crippen molar-refractivity contribution in [2.75, 3.05) is 0 Å². The van der Waals surface area contributed by atoms with E-state index in [2.05, 4.69) is 4.99 Å². The van der Waals surface area contributed by atoms with Gasteiger partial charge in [-0.2, -0.15) is 0 Å². The molecule has 2 N–H and O–H groups in total. The fourth-order valence-electron chi connectivity index (χ4n) is 1.93. The molecule has 0 aliphatic heterocycles. The molecular formula is C14H13ClN2O3. The van der Waals surface area contributed by atoms with E-state index in [0.717, 1.165) is 0 Å². The molecule has 0 saturated heterocycles. The number of hydrogen-bond acceptors (Lipinski definition) is 4. The first kappa shape index (κ1) is 14.1. The van der Waals surface area contributed by atoms with Gasteiger partial charge in [-0.1, -0.05) is 23.7 Å². The molecule has 0 amide bonds. The van der Waals surface area contributed by atoms with Crippen LogP contribution < -0.4 is 5.56 Å². The van der Waals surface area contributed by atoms with Crippen molar-refractivity contribution in [1.82, 2.24) is 4.73 Å². The molecule has 5 nitrogen and oxygen atoms in total. The minimum atomic E-state index is -0.700. The van der Waals surface area contributed by atoms with Crippen LogP contribution in [0.3, 0.4) is 0 Å². The van der Waals surface area contributed by atoms with Crippen LogP contribution in [0.15, 0.2) is 40.1 Å². The summed E-state index contributed by atoms with van der Waals surface area (Å²) in [6.07, 6.45) is 0. The average molecular weight is 293 g/mol. The van der Waals surface area contributed by atoms with E-state index >= 15 is 0 Å². The van der Waals surface area contributed by atoms with Crippen LogP contribution in [0, 0.1) is 6.92 Å². The van der Waals surface area contributed by atoms with Gasteiger partial charge in [-0.3, -0.25) is 9.79 Å². The predicted octanol–water partition coefficient (Wildman–Crippen LogP) is 2.89. The third-order valence-corrected chi connectivity index (χ3v) is 3.19. The van der Waals surface area contributed by atoms with Crippen molar-refractivity contribution in [1.29, 1.82) is 0 Å². The van der Waals surface area contributed by atoms with E-state index in [9.17, 15) is 15.1 Å². The second kappa shape index (κ2) is 5.38. The fraction of sp³-hybridized carbons (Fsp3) is 0.143. The standard InChI is InChI=1S/C14H13ClN2O3/c1-8-7-12(18)17(20)14(19)13(8)9(2)16-11-6-4-3-5-10(11)15/h3-7,19-20H,1-2H3. The van der Waals surface area contributed by atoms with Crippen LogP contribution in [-0.4, -0.2) is 20.8 Å².